The fourth-order valence-electron chi connectivity index (χ4n) is 3.52. The summed E-state index contributed by atoms with van der Waals surface area (Å²) >= 11 is 0. The van der Waals surface area contributed by atoms with Crippen molar-refractivity contribution in [3.8, 4) is 11.7 Å². The Kier molecular flexibility index (Phi) is 4.17. The van der Waals surface area contributed by atoms with Gasteiger partial charge in [0.25, 0.3) is 5.89 Å². The lowest BCUT2D eigenvalue weighted by Gasteiger charge is -2.23. The van der Waals surface area contributed by atoms with E-state index in [-0.39, 0.29) is 0 Å². The summed E-state index contributed by atoms with van der Waals surface area (Å²) in [6.07, 6.45) is 3.99. The predicted octanol–water partition coefficient (Wildman–Crippen LogP) is 3.12. The molecule has 7 nitrogen and oxygen atoms in total. The van der Waals surface area contributed by atoms with Crippen molar-refractivity contribution in [1.82, 2.24) is 24.6 Å². The Balaban J connectivity index is 1.49. The number of hydrogen-bond donors (Lipinski definition) is 0. The lowest BCUT2D eigenvalue weighted by Crippen LogP contribution is -2.33. The van der Waals surface area contributed by atoms with E-state index in [0.717, 1.165) is 42.7 Å². The second-order valence-electron chi connectivity index (χ2n) is 6.65. The smallest absolute Gasteiger partial charge is 0.263 e. The van der Waals surface area contributed by atoms with Crippen molar-refractivity contribution >= 4 is 0 Å². The Hall–Kier alpha value is -2.41. The third kappa shape index (κ3) is 3.24. The normalized spacial score (nSPS) is 18.3. The second-order valence-corrected chi connectivity index (χ2v) is 6.65. The van der Waals surface area contributed by atoms with Crippen molar-refractivity contribution in [1.29, 1.82) is 0 Å². The summed E-state index contributed by atoms with van der Waals surface area (Å²) in [5, 5.41) is 4.50. The van der Waals surface area contributed by atoms with Crippen LogP contribution in [0.15, 0.2) is 27.2 Å². The first-order valence-corrected chi connectivity index (χ1v) is 8.72. The van der Waals surface area contributed by atoms with Crippen LogP contribution in [0.4, 0.5) is 0 Å². The maximum Gasteiger partial charge on any atom is 0.263 e. The van der Waals surface area contributed by atoms with Crippen molar-refractivity contribution < 1.29 is 8.83 Å². The van der Waals surface area contributed by atoms with E-state index in [1.165, 1.54) is 12.8 Å². The van der Waals surface area contributed by atoms with Crippen molar-refractivity contribution in [2.45, 2.75) is 52.7 Å². The number of oxazole rings is 1. The van der Waals surface area contributed by atoms with Gasteiger partial charge in [0.05, 0.1) is 18.5 Å². The Bertz CT molecular complexity index is 849. The van der Waals surface area contributed by atoms with E-state index >= 15 is 0 Å². The van der Waals surface area contributed by atoms with Crippen LogP contribution in [0.3, 0.4) is 0 Å². The zero-order valence-electron chi connectivity index (χ0n) is 14.9. The monoisotopic (exact) mass is 341 g/mol. The second kappa shape index (κ2) is 6.48. The molecule has 25 heavy (non-hydrogen) atoms. The van der Waals surface area contributed by atoms with Gasteiger partial charge in [-0.15, -0.1) is 0 Å². The van der Waals surface area contributed by atoms with E-state index in [1.807, 2.05) is 37.6 Å². The van der Waals surface area contributed by atoms with Crippen LogP contribution < -0.4 is 0 Å². The molecule has 0 unspecified atom stereocenters. The van der Waals surface area contributed by atoms with Crippen LogP contribution in [0.5, 0.6) is 0 Å². The van der Waals surface area contributed by atoms with Crippen LogP contribution in [-0.4, -0.2) is 37.2 Å². The molecular weight excluding hydrogens is 318 g/mol. The first-order valence-electron chi connectivity index (χ1n) is 8.72. The van der Waals surface area contributed by atoms with Gasteiger partial charge in [-0.2, -0.15) is 5.10 Å². The number of rotatable bonds is 5. The molecule has 0 saturated carbocycles. The Labute approximate surface area is 146 Å². The number of aryl methyl sites for hydroxylation is 3. The minimum absolute atomic E-state index is 0.447. The van der Waals surface area contributed by atoms with Gasteiger partial charge in [0.2, 0.25) is 0 Å². The summed E-state index contributed by atoms with van der Waals surface area (Å²) in [7, 11) is 0. The van der Waals surface area contributed by atoms with Gasteiger partial charge in [-0.3, -0.25) is 4.90 Å². The maximum atomic E-state index is 5.79. The van der Waals surface area contributed by atoms with Gasteiger partial charge < -0.3 is 8.83 Å². The average Bonchev–Trinajstić information content (AvgIpc) is 3.32. The van der Waals surface area contributed by atoms with Crippen molar-refractivity contribution in [3.05, 3.63) is 41.5 Å². The van der Waals surface area contributed by atoms with Gasteiger partial charge in [0.15, 0.2) is 5.76 Å². The minimum atomic E-state index is 0.447. The third-order valence-electron chi connectivity index (χ3n) is 4.82. The van der Waals surface area contributed by atoms with Gasteiger partial charge in [-0.1, -0.05) is 0 Å². The molecular formula is C18H23N5O2. The molecule has 0 bridgehead atoms. The lowest BCUT2D eigenvalue weighted by atomic mass is 10.2. The van der Waals surface area contributed by atoms with E-state index in [9.17, 15) is 0 Å². The molecule has 0 aliphatic carbocycles. The molecule has 0 spiro atoms. The van der Waals surface area contributed by atoms with Crippen LogP contribution in [0.1, 0.15) is 35.9 Å². The summed E-state index contributed by atoms with van der Waals surface area (Å²) in [4.78, 5) is 11.5. The molecule has 1 aliphatic rings. The fourth-order valence-corrected chi connectivity index (χ4v) is 3.52. The molecule has 3 aromatic heterocycles. The van der Waals surface area contributed by atoms with Crippen molar-refractivity contribution in [2.24, 2.45) is 0 Å². The Morgan fingerprint density at radius 3 is 2.84 bits per heavy atom. The minimum Gasteiger partial charge on any atom is -0.459 e. The van der Waals surface area contributed by atoms with Crippen LogP contribution in [0.25, 0.3) is 11.7 Å². The molecule has 4 rings (SSSR count). The zero-order valence-corrected chi connectivity index (χ0v) is 14.9. The van der Waals surface area contributed by atoms with Crippen LogP contribution in [0, 0.1) is 20.8 Å². The third-order valence-corrected chi connectivity index (χ3v) is 4.82. The fraction of sp³-hybridized carbons (Fsp3) is 0.500. The molecule has 0 aromatic carbocycles. The number of likely N-dealkylation sites (tertiary alicyclic amines) is 1. The highest BCUT2D eigenvalue weighted by molar-refractivity contribution is 5.44. The van der Waals surface area contributed by atoms with Crippen molar-refractivity contribution in [3.63, 3.8) is 0 Å². The van der Waals surface area contributed by atoms with Gasteiger partial charge in [0.1, 0.15) is 17.4 Å². The molecule has 3 aromatic rings. The summed E-state index contributed by atoms with van der Waals surface area (Å²) < 4.78 is 13.2. The van der Waals surface area contributed by atoms with E-state index < -0.39 is 0 Å². The molecule has 1 saturated heterocycles. The van der Waals surface area contributed by atoms with Crippen LogP contribution >= 0.6 is 0 Å². The predicted molar refractivity (Wildman–Crippen MR) is 91.9 cm³/mol. The maximum absolute atomic E-state index is 5.79. The molecule has 1 atom stereocenters. The van der Waals surface area contributed by atoms with Gasteiger partial charge in [-0.25, -0.2) is 14.6 Å². The first-order chi connectivity index (χ1) is 12.1. The van der Waals surface area contributed by atoms with Crippen molar-refractivity contribution in [2.75, 3.05) is 6.54 Å². The van der Waals surface area contributed by atoms with E-state index in [2.05, 4.69) is 20.0 Å². The summed E-state index contributed by atoms with van der Waals surface area (Å²) in [6, 6.07) is 4.15. The topological polar surface area (TPSA) is 73.1 Å². The van der Waals surface area contributed by atoms with Crippen LogP contribution in [0.2, 0.25) is 0 Å². The summed E-state index contributed by atoms with van der Waals surface area (Å²) in [5.41, 5.74) is 0.977. The van der Waals surface area contributed by atoms with E-state index in [4.69, 9.17) is 8.83 Å². The summed E-state index contributed by atoms with van der Waals surface area (Å²) in [5.74, 6) is 3.88. The van der Waals surface area contributed by atoms with Gasteiger partial charge in [0, 0.05) is 12.6 Å². The Morgan fingerprint density at radius 1 is 1.24 bits per heavy atom. The molecule has 0 radical (unpaired) electrons. The standard InChI is InChI=1S/C18H23N5O2/c1-12-16(20-18(25-12)17-7-5-9-24-17)11-22-8-4-6-15(22)10-23-14(3)19-13(2)21-23/h5,7,9,15H,4,6,8,10-11H2,1-3H3/t15-/m0/s1. The number of aromatic nitrogens is 4. The first kappa shape index (κ1) is 16.1. The van der Waals surface area contributed by atoms with Gasteiger partial charge in [-0.05, 0) is 52.3 Å². The molecule has 7 heteroatoms. The molecule has 1 aliphatic heterocycles. The van der Waals surface area contributed by atoms with E-state index in [0.29, 0.717) is 17.7 Å². The Morgan fingerprint density at radius 2 is 2.12 bits per heavy atom. The molecule has 0 N–H and O–H groups in total. The number of hydrogen-bond acceptors (Lipinski definition) is 6. The zero-order chi connectivity index (χ0) is 17.4. The number of nitrogens with zero attached hydrogens (tertiary/aromatic N) is 5. The van der Waals surface area contributed by atoms with E-state index in [1.54, 1.807) is 6.26 Å². The molecule has 0 amide bonds. The molecule has 132 valence electrons. The highest BCUT2D eigenvalue weighted by Crippen LogP contribution is 2.26. The molecule has 4 heterocycles. The number of furan rings is 1. The lowest BCUT2D eigenvalue weighted by molar-refractivity contribution is 0.215. The highest BCUT2D eigenvalue weighted by atomic mass is 16.4. The molecule has 1 fully saturated rings. The largest absolute Gasteiger partial charge is 0.459 e. The quantitative estimate of drug-likeness (QED) is 0.710. The van der Waals surface area contributed by atoms with Gasteiger partial charge >= 0.3 is 0 Å². The van der Waals surface area contributed by atoms with Crippen LogP contribution in [-0.2, 0) is 13.1 Å². The highest BCUT2D eigenvalue weighted by Gasteiger charge is 2.27. The average molecular weight is 341 g/mol. The summed E-state index contributed by atoms with van der Waals surface area (Å²) in [6.45, 7) is 8.63. The SMILES string of the molecule is Cc1nc(C)n(C[C@@H]2CCCN2Cc2nc(-c3ccco3)oc2C)n1.